The summed E-state index contributed by atoms with van der Waals surface area (Å²) in [5.41, 5.74) is -1.27. The maximum Gasteiger partial charge on any atom is 0.311 e. The molecule has 29 atom stereocenters. The first-order valence-electron chi connectivity index (χ1n) is 41.0. The van der Waals surface area contributed by atoms with E-state index in [9.17, 15) is 33.6 Å². The molecule has 18 aliphatic rings. The van der Waals surface area contributed by atoms with Gasteiger partial charge in [-0.1, -0.05) is 104 Å². The van der Waals surface area contributed by atoms with Gasteiger partial charge in [-0.15, -0.1) is 0 Å². The highest BCUT2D eigenvalue weighted by Gasteiger charge is 2.70. The Bertz CT molecular complexity index is 2980. The van der Waals surface area contributed by atoms with Gasteiger partial charge in [-0.05, 0) is 313 Å². The average molecular weight is 1470 g/mol. The smallest absolute Gasteiger partial charge is 0.311 e. The van der Waals surface area contributed by atoms with Crippen LogP contribution in [0.3, 0.4) is 0 Å². The quantitative estimate of drug-likeness (QED) is 0.0325. The molecule has 0 aliphatic heterocycles. The van der Waals surface area contributed by atoms with E-state index in [-0.39, 0.29) is 161 Å². The predicted molar refractivity (Wildman–Crippen MR) is 407 cm³/mol. The molecule has 0 aromatic rings. The molecule has 16 heteroatoms. The van der Waals surface area contributed by atoms with Crippen molar-refractivity contribution in [2.24, 2.45) is 170 Å². The Kier molecular flexibility index (Phi) is 27.8. The van der Waals surface area contributed by atoms with E-state index in [1.807, 2.05) is 62.3 Å². The first kappa shape index (κ1) is 85.4. The van der Waals surface area contributed by atoms with Gasteiger partial charge in [0.05, 0.1) is 52.8 Å². The SMILES string of the molecule is C.C.C.C.C.C.CCC(C)(C)C(=O)OC1CC2CC1C1C3CC(CC3C(=O)OCOC3C4CC5CC(C4)C(=O)C3C5)C21.CCC(C)(C)C(=O)OC1CC2CC1C1C3CC(CC3C(=O)OCOC3CCCCC3)C21.CCC(C)(C)C(=O)OC1CC2CC1C1C3CC(CC3C(=O)OCOCC3CCCCC3)C21. The molecular weight excluding hydrogens is 1320 g/mol. The van der Waals surface area contributed by atoms with Gasteiger partial charge in [0.1, 0.15) is 24.1 Å². The highest BCUT2D eigenvalue weighted by Crippen LogP contribution is 2.72. The standard InChI is InChI=1S/C30H42O6.C27H42O5.C26H40O5.6CH4/c1-4-30(2,3)29(33)36-23-12-16-11-21(23)25-19-9-15(24(16)25)10-20(19)28(32)35-13-34-27-18-6-14-5-17(8-18)26(31)22(27)7-14;1-4-27(2,3)26(29)32-22-13-18-12-21(22)24-19-10-17(23(18)24)11-20(19)25(28)31-15-30-14-16-8-6-5-7-9-16;1-4-26(2,3)25(28)31-21-13-16-12-20(21)23-18-10-15(22(16)23)11-19(18)24(27)30-14-29-17-8-6-5-7-9-17;;;;;;/h14-25,27H,4-13H2,1-3H3;16-24H,4-15H2,1-3H3;15-23H,4-14H2,1-3H3;6*1H4. The number of fused-ring (bicyclic) bond motifs is 27. The summed E-state index contributed by atoms with van der Waals surface area (Å²) in [7, 11) is 0. The highest BCUT2D eigenvalue weighted by atomic mass is 16.7. The monoisotopic (exact) mass is 1470 g/mol. The summed E-state index contributed by atoms with van der Waals surface area (Å²) < 4.78 is 52.9. The van der Waals surface area contributed by atoms with Crippen LogP contribution in [0.15, 0.2) is 0 Å². The van der Waals surface area contributed by atoms with Gasteiger partial charge in [0.25, 0.3) is 0 Å². The van der Waals surface area contributed by atoms with Crippen LogP contribution in [0.25, 0.3) is 0 Å². The molecule has 18 aliphatic carbocycles. The van der Waals surface area contributed by atoms with Crippen LogP contribution in [0.1, 0.15) is 293 Å². The lowest BCUT2D eigenvalue weighted by Gasteiger charge is -2.52. The lowest BCUT2D eigenvalue weighted by Crippen LogP contribution is -2.55. The summed E-state index contributed by atoms with van der Waals surface area (Å²) in [6.07, 6.45) is 32.1. The summed E-state index contributed by atoms with van der Waals surface area (Å²) in [4.78, 5) is 89.9. The maximum atomic E-state index is 13.2. The molecule has 0 heterocycles. The molecule has 0 saturated heterocycles. The predicted octanol–water partition coefficient (Wildman–Crippen LogP) is 19.1. The number of Topliss-reactive ketones (excluding diaryl/α,β-unsaturated/α-hetero) is 1. The molecule has 18 rings (SSSR count). The summed E-state index contributed by atoms with van der Waals surface area (Å²) in [6, 6.07) is 0. The van der Waals surface area contributed by atoms with Crippen LogP contribution >= 0.6 is 0 Å². The van der Waals surface area contributed by atoms with Gasteiger partial charge in [-0.25, -0.2) is 0 Å². The van der Waals surface area contributed by atoms with Gasteiger partial charge in [-0.2, -0.15) is 0 Å². The van der Waals surface area contributed by atoms with Crippen LogP contribution in [0.5, 0.6) is 0 Å². The fraction of sp³-hybridized carbons (Fsp3) is 0.921. The van der Waals surface area contributed by atoms with Crippen LogP contribution in [0.2, 0.25) is 0 Å². The summed E-state index contributed by atoms with van der Waals surface area (Å²) in [5, 5.41) is 0. The number of hydrogen-bond donors (Lipinski definition) is 0. The molecule has 0 spiro atoms. The summed E-state index contributed by atoms with van der Waals surface area (Å²) >= 11 is 0. The number of carbonyl (C=O) groups is 7. The van der Waals surface area contributed by atoms with Crippen molar-refractivity contribution in [1.82, 2.24) is 0 Å². The minimum atomic E-state index is -0.440. The fourth-order valence-corrected chi connectivity index (χ4v) is 26.6. The minimum absolute atomic E-state index is 0. The number of esters is 6. The van der Waals surface area contributed by atoms with Crippen molar-refractivity contribution in [2.75, 3.05) is 27.0 Å². The molecule has 0 aromatic carbocycles. The zero-order valence-corrected chi connectivity index (χ0v) is 61.8. The van der Waals surface area contributed by atoms with Crippen LogP contribution in [-0.2, 0) is 76.2 Å². The van der Waals surface area contributed by atoms with Crippen molar-refractivity contribution in [3.8, 4) is 0 Å². The van der Waals surface area contributed by atoms with E-state index in [1.165, 1.54) is 64.2 Å². The van der Waals surface area contributed by atoms with Gasteiger partial charge in [-0.3, -0.25) is 33.6 Å². The average Bonchev–Trinajstić information content (AvgIpc) is 1.56. The molecular formula is C89H148O16. The van der Waals surface area contributed by atoms with Crippen molar-refractivity contribution < 1.29 is 76.2 Å². The van der Waals surface area contributed by atoms with Crippen molar-refractivity contribution >= 4 is 41.6 Å². The molecule has 18 fully saturated rings. The number of ketones is 1. The molecule has 16 nitrogen and oxygen atoms in total. The second-order valence-electron chi connectivity index (χ2n) is 38.2. The Morgan fingerprint density at radius 2 is 0.733 bits per heavy atom. The molecule has 16 bridgehead atoms. The third-order valence-corrected chi connectivity index (χ3v) is 32.2. The molecule has 0 radical (unpaired) electrons. The van der Waals surface area contributed by atoms with E-state index < -0.39 is 16.2 Å². The number of hydrogen-bond acceptors (Lipinski definition) is 16. The Hall–Kier alpha value is -3.63. The van der Waals surface area contributed by atoms with Crippen molar-refractivity contribution in [3.05, 3.63) is 0 Å². The molecule has 18 saturated carbocycles. The highest BCUT2D eigenvalue weighted by molar-refractivity contribution is 5.86. The van der Waals surface area contributed by atoms with Crippen molar-refractivity contribution in [2.45, 2.75) is 324 Å². The Morgan fingerprint density at radius 1 is 0.371 bits per heavy atom. The minimum Gasteiger partial charge on any atom is -0.462 e. The molecule has 0 amide bonds. The van der Waals surface area contributed by atoms with Gasteiger partial charge < -0.3 is 42.6 Å². The third-order valence-electron chi connectivity index (χ3n) is 32.2. The van der Waals surface area contributed by atoms with Crippen LogP contribution in [0.4, 0.5) is 0 Å². The van der Waals surface area contributed by atoms with Gasteiger partial charge in [0, 0.05) is 11.8 Å². The zero-order valence-electron chi connectivity index (χ0n) is 61.8. The van der Waals surface area contributed by atoms with Gasteiger partial charge >= 0.3 is 35.8 Å². The number of ether oxygens (including phenoxy) is 9. The van der Waals surface area contributed by atoms with E-state index in [1.54, 1.807) is 0 Å². The third kappa shape index (κ3) is 16.0. The van der Waals surface area contributed by atoms with Crippen LogP contribution < -0.4 is 0 Å². The molecule has 0 aromatic heterocycles. The normalized spacial score (nSPS) is 41.5. The fourth-order valence-electron chi connectivity index (χ4n) is 26.6. The maximum absolute atomic E-state index is 13.2. The Morgan fingerprint density at radius 3 is 1.13 bits per heavy atom. The lowest BCUT2D eigenvalue weighted by molar-refractivity contribution is -0.193. The van der Waals surface area contributed by atoms with Gasteiger partial charge in [0.15, 0.2) is 20.4 Å². The van der Waals surface area contributed by atoms with E-state index in [0.717, 1.165) is 140 Å². The zero-order chi connectivity index (χ0) is 69.1. The molecule has 0 N–H and O–H groups in total. The van der Waals surface area contributed by atoms with E-state index in [2.05, 4.69) is 0 Å². The van der Waals surface area contributed by atoms with E-state index >= 15 is 0 Å². The van der Waals surface area contributed by atoms with Crippen LogP contribution in [0, 0.1) is 170 Å². The van der Waals surface area contributed by atoms with Gasteiger partial charge in [0.2, 0.25) is 0 Å². The number of carbonyl (C=O) groups excluding carboxylic acids is 7. The second kappa shape index (κ2) is 34.1. The summed E-state index contributed by atoms with van der Waals surface area (Å²) in [6.45, 7) is 18.9. The van der Waals surface area contributed by atoms with E-state index in [4.69, 9.17) is 42.6 Å². The van der Waals surface area contributed by atoms with Crippen molar-refractivity contribution in [3.63, 3.8) is 0 Å². The Labute approximate surface area is 635 Å². The molecule has 29 unspecified atom stereocenters. The Balaban J connectivity index is 0.000000178. The van der Waals surface area contributed by atoms with Crippen LogP contribution in [-0.4, -0.2) is 99.1 Å². The molecule has 105 heavy (non-hydrogen) atoms. The van der Waals surface area contributed by atoms with E-state index in [0.29, 0.717) is 118 Å². The first-order chi connectivity index (χ1) is 47.5. The second-order valence-corrected chi connectivity index (χ2v) is 38.2. The molecule has 600 valence electrons. The largest absolute Gasteiger partial charge is 0.462 e. The first-order valence-corrected chi connectivity index (χ1v) is 41.0. The number of rotatable bonds is 22. The topological polar surface area (TPSA) is 203 Å². The lowest BCUT2D eigenvalue weighted by atomic mass is 9.54. The summed E-state index contributed by atoms with van der Waals surface area (Å²) in [5.74, 6) is 12.2. The van der Waals surface area contributed by atoms with Crippen molar-refractivity contribution in [1.29, 1.82) is 0 Å².